The summed E-state index contributed by atoms with van der Waals surface area (Å²) in [5.41, 5.74) is 1.02. The van der Waals surface area contributed by atoms with Crippen molar-refractivity contribution in [3.63, 3.8) is 0 Å². The maximum Gasteiger partial charge on any atom is 0.130 e. The zero-order valence-electron chi connectivity index (χ0n) is 12.6. The molecule has 1 aromatic carbocycles. The molecule has 4 heteroatoms. The van der Waals surface area contributed by atoms with E-state index in [1.54, 1.807) is 21.3 Å². The third-order valence-corrected chi connectivity index (χ3v) is 3.31. The van der Waals surface area contributed by atoms with Crippen LogP contribution in [0.1, 0.15) is 25.8 Å². The normalized spacial score (nSPS) is 12.1. The highest BCUT2D eigenvalue weighted by molar-refractivity contribution is 5.50. The second kappa shape index (κ2) is 7.89. The van der Waals surface area contributed by atoms with Gasteiger partial charge in [0.05, 0.1) is 26.9 Å². The zero-order chi connectivity index (χ0) is 14.3. The molecule has 0 aliphatic rings. The molecule has 0 fully saturated rings. The van der Waals surface area contributed by atoms with Crippen molar-refractivity contribution >= 4 is 0 Å². The van der Waals surface area contributed by atoms with E-state index in [1.165, 1.54) is 6.42 Å². The van der Waals surface area contributed by atoms with Crippen LogP contribution < -0.4 is 19.5 Å². The van der Waals surface area contributed by atoms with Crippen LogP contribution in [0.25, 0.3) is 0 Å². The molecular formula is C15H25NO3. The zero-order valence-corrected chi connectivity index (χ0v) is 12.6. The molecule has 1 rings (SSSR count). The summed E-state index contributed by atoms with van der Waals surface area (Å²) >= 11 is 0. The highest BCUT2D eigenvalue weighted by atomic mass is 16.5. The summed E-state index contributed by atoms with van der Waals surface area (Å²) in [6, 6.07) is 3.76. The Morgan fingerprint density at radius 3 is 2.05 bits per heavy atom. The summed E-state index contributed by atoms with van der Waals surface area (Å²) < 4.78 is 16.1. The molecule has 0 aliphatic carbocycles. The molecule has 4 nitrogen and oxygen atoms in total. The van der Waals surface area contributed by atoms with Crippen molar-refractivity contribution in [2.75, 3.05) is 27.9 Å². The van der Waals surface area contributed by atoms with Gasteiger partial charge in [-0.15, -0.1) is 0 Å². The van der Waals surface area contributed by atoms with Gasteiger partial charge in [0.1, 0.15) is 17.2 Å². The summed E-state index contributed by atoms with van der Waals surface area (Å²) in [7, 11) is 4.95. The predicted octanol–water partition coefficient (Wildman–Crippen LogP) is 2.85. The first-order valence-corrected chi connectivity index (χ1v) is 6.65. The van der Waals surface area contributed by atoms with Gasteiger partial charge in [0.2, 0.25) is 0 Å². The van der Waals surface area contributed by atoms with Crippen molar-refractivity contribution in [1.82, 2.24) is 5.32 Å². The van der Waals surface area contributed by atoms with Crippen LogP contribution in [0.2, 0.25) is 0 Å². The second-order valence-electron chi connectivity index (χ2n) is 4.65. The average Bonchev–Trinajstić information content (AvgIpc) is 2.46. The third-order valence-electron chi connectivity index (χ3n) is 3.31. The topological polar surface area (TPSA) is 39.7 Å². The lowest BCUT2D eigenvalue weighted by Gasteiger charge is -2.16. The fourth-order valence-corrected chi connectivity index (χ4v) is 1.84. The Hall–Kier alpha value is -1.42. The summed E-state index contributed by atoms with van der Waals surface area (Å²) in [6.07, 6.45) is 1.17. The van der Waals surface area contributed by atoms with E-state index in [0.717, 1.165) is 35.9 Å². The van der Waals surface area contributed by atoms with E-state index in [-0.39, 0.29) is 0 Å². The lowest BCUT2D eigenvalue weighted by Crippen LogP contribution is -2.21. The molecule has 1 atom stereocenters. The number of ether oxygens (including phenoxy) is 3. The summed E-state index contributed by atoms with van der Waals surface area (Å²) in [6.45, 7) is 6.13. The van der Waals surface area contributed by atoms with Gasteiger partial charge >= 0.3 is 0 Å². The average molecular weight is 267 g/mol. The van der Waals surface area contributed by atoms with Crippen LogP contribution in [0.15, 0.2) is 12.1 Å². The van der Waals surface area contributed by atoms with Crippen LogP contribution in [-0.2, 0) is 6.54 Å². The second-order valence-corrected chi connectivity index (χ2v) is 4.65. The minimum absolute atomic E-state index is 0.662. The molecule has 0 spiro atoms. The van der Waals surface area contributed by atoms with Gasteiger partial charge in [-0.25, -0.2) is 0 Å². The molecule has 0 aliphatic heterocycles. The Balaban J connectivity index is 2.85. The molecule has 1 N–H and O–H groups in total. The van der Waals surface area contributed by atoms with Gasteiger partial charge in [-0.05, 0) is 12.5 Å². The summed E-state index contributed by atoms with van der Waals surface area (Å²) in [5, 5.41) is 3.44. The fraction of sp³-hybridized carbons (Fsp3) is 0.600. The van der Waals surface area contributed by atoms with Crippen LogP contribution >= 0.6 is 0 Å². The molecule has 0 aromatic heterocycles. The fourth-order valence-electron chi connectivity index (χ4n) is 1.84. The van der Waals surface area contributed by atoms with Gasteiger partial charge in [0, 0.05) is 18.7 Å². The molecule has 0 saturated carbocycles. The van der Waals surface area contributed by atoms with E-state index < -0.39 is 0 Å². The van der Waals surface area contributed by atoms with Crippen molar-refractivity contribution in [3.05, 3.63) is 17.7 Å². The Labute approximate surface area is 116 Å². The number of hydrogen-bond acceptors (Lipinski definition) is 4. The molecular weight excluding hydrogens is 242 g/mol. The molecule has 0 bridgehead atoms. The van der Waals surface area contributed by atoms with Crippen LogP contribution in [0.3, 0.4) is 0 Å². The maximum absolute atomic E-state index is 5.41. The molecule has 0 saturated heterocycles. The third kappa shape index (κ3) is 4.31. The molecule has 0 amide bonds. The van der Waals surface area contributed by atoms with Crippen molar-refractivity contribution in [2.45, 2.75) is 26.8 Å². The minimum Gasteiger partial charge on any atom is -0.496 e. The SMILES string of the molecule is CCC(C)CNCc1c(OC)cc(OC)cc1OC. The van der Waals surface area contributed by atoms with Crippen molar-refractivity contribution in [2.24, 2.45) is 5.92 Å². The standard InChI is InChI=1S/C15H25NO3/c1-6-11(2)9-16-10-13-14(18-4)7-12(17-3)8-15(13)19-5/h7-8,11,16H,6,9-10H2,1-5H3. The van der Waals surface area contributed by atoms with Gasteiger partial charge in [0.25, 0.3) is 0 Å². The summed E-state index contributed by atoms with van der Waals surface area (Å²) in [5.74, 6) is 2.97. The Morgan fingerprint density at radius 2 is 1.63 bits per heavy atom. The van der Waals surface area contributed by atoms with Crippen LogP contribution in [0, 0.1) is 5.92 Å². The molecule has 108 valence electrons. The molecule has 1 unspecified atom stereocenters. The number of rotatable bonds is 8. The molecule has 19 heavy (non-hydrogen) atoms. The molecule has 1 aromatic rings. The van der Waals surface area contributed by atoms with Crippen LogP contribution in [0.5, 0.6) is 17.2 Å². The van der Waals surface area contributed by atoms with Gasteiger partial charge in [-0.2, -0.15) is 0 Å². The lowest BCUT2D eigenvalue weighted by atomic mass is 10.1. The van der Waals surface area contributed by atoms with Crippen molar-refractivity contribution in [3.8, 4) is 17.2 Å². The van der Waals surface area contributed by atoms with Crippen molar-refractivity contribution < 1.29 is 14.2 Å². The minimum atomic E-state index is 0.662. The Kier molecular flexibility index (Phi) is 6.50. The first-order chi connectivity index (χ1) is 9.15. The van der Waals surface area contributed by atoms with Gasteiger partial charge < -0.3 is 19.5 Å². The van der Waals surface area contributed by atoms with E-state index in [9.17, 15) is 0 Å². The maximum atomic E-state index is 5.41. The van der Waals surface area contributed by atoms with E-state index in [0.29, 0.717) is 5.92 Å². The molecule has 0 radical (unpaired) electrons. The number of methoxy groups -OCH3 is 3. The van der Waals surface area contributed by atoms with E-state index in [2.05, 4.69) is 19.2 Å². The van der Waals surface area contributed by atoms with Crippen LogP contribution in [-0.4, -0.2) is 27.9 Å². The Bertz CT molecular complexity index is 368. The van der Waals surface area contributed by atoms with E-state index >= 15 is 0 Å². The monoisotopic (exact) mass is 267 g/mol. The van der Waals surface area contributed by atoms with Crippen LogP contribution in [0.4, 0.5) is 0 Å². The predicted molar refractivity (Wildman–Crippen MR) is 77.3 cm³/mol. The molecule has 0 heterocycles. The largest absolute Gasteiger partial charge is 0.496 e. The first kappa shape index (κ1) is 15.6. The van der Waals surface area contributed by atoms with Gasteiger partial charge in [-0.1, -0.05) is 20.3 Å². The van der Waals surface area contributed by atoms with Gasteiger partial charge in [-0.3, -0.25) is 0 Å². The number of hydrogen-bond donors (Lipinski definition) is 1. The quantitative estimate of drug-likeness (QED) is 0.786. The summed E-state index contributed by atoms with van der Waals surface area (Å²) in [4.78, 5) is 0. The van der Waals surface area contributed by atoms with Crippen molar-refractivity contribution in [1.29, 1.82) is 0 Å². The van der Waals surface area contributed by atoms with E-state index in [1.807, 2.05) is 12.1 Å². The highest BCUT2D eigenvalue weighted by Crippen LogP contribution is 2.33. The number of nitrogens with one attached hydrogen (secondary N) is 1. The highest BCUT2D eigenvalue weighted by Gasteiger charge is 2.13. The Morgan fingerprint density at radius 1 is 1.05 bits per heavy atom. The smallest absolute Gasteiger partial charge is 0.130 e. The van der Waals surface area contributed by atoms with E-state index in [4.69, 9.17) is 14.2 Å². The lowest BCUT2D eigenvalue weighted by molar-refractivity contribution is 0.365. The number of benzene rings is 1. The first-order valence-electron chi connectivity index (χ1n) is 6.65. The van der Waals surface area contributed by atoms with Gasteiger partial charge in [0.15, 0.2) is 0 Å².